The van der Waals surface area contributed by atoms with E-state index >= 15 is 0 Å². The molecule has 360 valence electrons. The van der Waals surface area contributed by atoms with Gasteiger partial charge in [0, 0.05) is 6.42 Å². The smallest absolute Gasteiger partial charge is 0.220 e. The molecular weight excluding hydrogens is 759 g/mol. The largest absolute Gasteiger partial charge is 0.394 e. The van der Waals surface area contributed by atoms with Gasteiger partial charge in [0.15, 0.2) is 6.29 Å². The average Bonchev–Trinajstić information content (AvgIpc) is 3.26. The molecule has 0 bridgehead atoms. The predicted molar refractivity (Wildman–Crippen MR) is 248 cm³/mol. The fourth-order valence-electron chi connectivity index (χ4n) is 8.07. The van der Waals surface area contributed by atoms with Crippen molar-refractivity contribution in [3.8, 4) is 0 Å². The van der Waals surface area contributed by atoms with E-state index in [4.69, 9.17) is 9.47 Å². The summed E-state index contributed by atoms with van der Waals surface area (Å²) < 4.78 is 11.1. The van der Waals surface area contributed by atoms with E-state index in [0.29, 0.717) is 6.42 Å². The maximum atomic E-state index is 13.0. The van der Waals surface area contributed by atoms with E-state index in [1.54, 1.807) is 0 Å². The Bertz CT molecular complexity index is 864. The molecule has 2 unspecified atom stereocenters. The molecule has 0 saturated heterocycles. The fourth-order valence-corrected chi connectivity index (χ4v) is 8.07. The first-order valence-electron chi connectivity index (χ1n) is 25.8. The van der Waals surface area contributed by atoms with Gasteiger partial charge in [-0.3, -0.25) is 4.79 Å². The zero-order chi connectivity index (χ0) is 44.2. The Morgan fingerprint density at radius 3 is 1.12 bits per heavy atom. The lowest BCUT2D eigenvalue weighted by Gasteiger charge is -2.31. The lowest BCUT2D eigenvalue weighted by atomic mass is 9.99. The third-order valence-electron chi connectivity index (χ3n) is 12.2. The Morgan fingerprint density at radius 1 is 0.450 bits per heavy atom. The molecule has 1 amide bonds. The highest BCUT2D eigenvalue weighted by Crippen LogP contribution is 2.18. The third kappa shape index (κ3) is 37.7. The van der Waals surface area contributed by atoms with Crippen molar-refractivity contribution in [1.29, 1.82) is 0 Å². The number of amides is 1. The Labute approximate surface area is 369 Å². The van der Waals surface area contributed by atoms with Gasteiger partial charge in [0.05, 0.1) is 38.6 Å². The number of hydrogen-bond acceptors (Lipinski definition) is 9. The first-order valence-corrected chi connectivity index (χ1v) is 25.8. The number of nitrogens with one attached hydrogen (secondary N) is 1. The highest BCUT2D eigenvalue weighted by molar-refractivity contribution is 5.76. The lowest BCUT2D eigenvalue weighted by molar-refractivity contribution is -0.236. The molecule has 0 aliphatic rings. The summed E-state index contributed by atoms with van der Waals surface area (Å²) in [5.41, 5.74) is 0. The van der Waals surface area contributed by atoms with Crippen molar-refractivity contribution in [3.63, 3.8) is 0 Å². The van der Waals surface area contributed by atoms with Gasteiger partial charge in [-0.15, -0.1) is 0 Å². The van der Waals surface area contributed by atoms with Crippen LogP contribution in [0.15, 0.2) is 0 Å². The molecule has 0 spiro atoms. The van der Waals surface area contributed by atoms with Crippen molar-refractivity contribution >= 4 is 5.91 Å². The summed E-state index contributed by atoms with van der Waals surface area (Å²) >= 11 is 0. The molecule has 0 aromatic rings. The van der Waals surface area contributed by atoms with E-state index in [0.717, 1.165) is 51.4 Å². The zero-order valence-electron chi connectivity index (χ0n) is 39.4. The Morgan fingerprint density at radius 2 is 0.783 bits per heavy atom. The summed E-state index contributed by atoms with van der Waals surface area (Å²) in [6, 6.07) is -0.993. The molecule has 0 fully saturated rings. The Kier molecular flexibility index (Phi) is 45.5. The fraction of sp³-hybridized carbons (Fsp3) is 0.980. The monoisotopic (exact) mass is 860 g/mol. The zero-order valence-corrected chi connectivity index (χ0v) is 39.4. The molecule has 0 aliphatic carbocycles. The SMILES string of the molecule is CCCCCCCCCCCCCCCCCCCCCCCCCC(=O)N[C@@H](COC(OC(CO)CO)C(O)CO)[C@H](O)[C@H](O)CCCCCCCCCCCCCC. The van der Waals surface area contributed by atoms with E-state index in [-0.39, 0.29) is 18.9 Å². The van der Waals surface area contributed by atoms with Crippen LogP contribution in [0.5, 0.6) is 0 Å². The van der Waals surface area contributed by atoms with Crippen molar-refractivity contribution in [1.82, 2.24) is 5.32 Å². The van der Waals surface area contributed by atoms with Crippen molar-refractivity contribution < 1.29 is 44.9 Å². The number of unbranched alkanes of at least 4 members (excludes halogenated alkanes) is 33. The van der Waals surface area contributed by atoms with E-state index in [9.17, 15) is 35.4 Å². The summed E-state index contributed by atoms with van der Waals surface area (Å²) in [7, 11) is 0. The van der Waals surface area contributed by atoms with Crippen LogP contribution in [0.25, 0.3) is 0 Å². The van der Waals surface area contributed by atoms with E-state index in [2.05, 4.69) is 19.2 Å². The minimum atomic E-state index is -1.49. The maximum absolute atomic E-state index is 13.0. The van der Waals surface area contributed by atoms with Gasteiger partial charge in [-0.05, 0) is 12.8 Å². The lowest BCUT2D eigenvalue weighted by Crippen LogP contribution is -2.52. The number of carbonyl (C=O) groups excluding carboxylic acids is 1. The molecule has 10 nitrogen and oxygen atoms in total. The molecule has 10 heteroatoms. The van der Waals surface area contributed by atoms with Gasteiger partial charge < -0.3 is 45.4 Å². The van der Waals surface area contributed by atoms with Crippen LogP contribution in [0.2, 0.25) is 0 Å². The van der Waals surface area contributed by atoms with E-state index in [1.165, 1.54) is 173 Å². The molecular formula is C50H101NO9. The maximum Gasteiger partial charge on any atom is 0.220 e. The van der Waals surface area contributed by atoms with Crippen LogP contribution in [0.3, 0.4) is 0 Å². The first-order chi connectivity index (χ1) is 29.3. The van der Waals surface area contributed by atoms with E-state index in [1.807, 2.05) is 0 Å². The van der Waals surface area contributed by atoms with Crippen molar-refractivity contribution in [3.05, 3.63) is 0 Å². The van der Waals surface area contributed by atoms with Crippen LogP contribution in [-0.2, 0) is 14.3 Å². The van der Waals surface area contributed by atoms with Crippen molar-refractivity contribution in [2.75, 3.05) is 26.4 Å². The van der Waals surface area contributed by atoms with Crippen LogP contribution in [0, 0.1) is 0 Å². The van der Waals surface area contributed by atoms with Gasteiger partial charge in [-0.2, -0.15) is 0 Å². The van der Waals surface area contributed by atoms with E-state index < -0.39 is 56.6 Å². The van der Waals surface area contributed by atoms with Crippen LogP contribution in [0.4, 0.5) is 0 Å². The van der Waals surface area contributed by atoms with Gasteiger partial charge in [-0.1, -0.05) is 232 Å². The normalized spacial score (nSPS) is 14.4. The number of carbonyl (C=O) groups is 1. The van der Waals surface area contributed by atoms with Gasteiger partial charge in [-0.25, -0.2) is 0 Å². The first kappa shape index (κ1) is 59.1. The second kappa shape index (κ2) is 46.2. The topological polar surface area (TPSA) is 169 Å². The Hall–Kier alpha value is -0.850. The second-order valence-corrected chi connectivity index (χ2v) is 18.0. The summed E-state index contributed by atoms with van der Waals surface area (Å²) in [5, 5.41) is 63.6. The van der Waals surface area contributed by atoms with Crippen LogP contribution in [0.1, 0.15) is 251 Å². The number of aliphatic hydroxyl groups is 6. The van der Waals surface area contributed by atoms with Gasteiger partial charge >= 0.3 is 0 Å². The number of rotatable bonds is 49. The number of aliphatic hydroxyl groups excluding tert-OH is 6. The van der Waals surface area contributed by atoms with Gasteiger partial charge in [0.1, 0.15) is 18.3 Å². The van der Waals surface area contributed by atoms with Crippen LogP contribution in [-0.4, -0.2) is 99.7 Å². The average molecular weight is 860 g/mol. The molecule has 0 aromatic carbocycles. The molecule has 0 saturated carbocycles. The standard InChI is InChI=1S/C50H101NO9/c1-3-5-7-9-11-13-15-17-18-19-20-21-22-23-24-25-26-27-29-31-33-35-37-39-48(57)51-45(43-59-50(47(56)42-54)60-44(40-52)41-53)49(58)46(55)38-36-34-32-30-28-16-14-12-10-8-6-4-2/h44-47,49-50,52-56,58H,3-43H2,1-2H3,(H,51,57)/t45-,46+,47?,49-,50?/m0/s1. The molecule has 7 N–H and O–H groups in total. The number of ether oxygens (including phenoxy) is 2. The molecule has 0 heterocycles. The minimum absolute atomic E-state index is 0.257. The summed E-state index contributed by atoms with van der Waals surface area (Å²) in [6.07, 6.45) is 38.7. The highest BCUT2D eigenvalue weighted by Gasteiger charge is 2.31. The molecule has 60 heavy (non-hydrogen) atoms. The van der Waals surface area contributed by atoms with Crippen LogP contribution >= 0.6 is 0 Å². The quantitative estimate of drug-likeness (QED) is 0.0233. The van der Waals surface area contributed by atoms with Gasteiger partial charge in [0.25, 0.3) is 0 Å². The molecule has 0 aromatic heterocycles. The predicted octanol–water partition coefficient (Wildman–Crippen LogP) is 10.7. The summed E-state index contributed by atoms with van der Waals surface area (Å²) in [5.74, 6) is -0.257. The third-order valence-corrected chi connectivity index (χ3v) is 12.2. The second-order valence-electron chi connectivity index (χ2n) is 18.0. The molecule has 0 rings (SSSR count). The summed E-state index contributed by atoms with van der Waals surface area (Å²) in [4.78, 5) is 13.0. The highest BCUT2D eigenvalue weighted by atomic mass is 16.7. The minimum Gasteiger partial charge on any atom is -0.394 e. The Balaban J connectivity index is 4.37. The molecule has 0 radical (unpaired) electrons. The summed E-state index contributed by atoms with van der Waals surface area (Å²) in [6.45, 7) is 2.44. The molecule has 0 aliphatic heterocycles. The van der Waals surface area contributed by atoms with Crippen molar-refractivity contribution in [2.24, 2.45) is 0 Å². The molecule has 5 atom stereocenters. The number of hydrogen-bond donors (Lipinski definition) is 7. The van der Waals surface area contributed by atoms with Gasteiger partial charge in [0.2, 0.25) is 5.91 Å². The van der Waals surface area contributed by atoms with Crippen LogP contribution < -0.4 is 5.32 Å². The van der Waals surface area contributed by atoms with Crippen molar-refractivity contribution in [2.45, 2.75) is 288 Å².